The van der Waals surface area contributed by atoms with E-state index >= 15 is 0 Å². The molecule has 1 aromatic rings. The van der Waals surface area contributed by atoms with Crippen LogP contribution in [0, 0.1) is 12.8 Å². The van der Waals surface area contributed by atoms with Gasteiger partial charge in [-0.15, -0.1) is 0 Å². The van der Waals surface area contributed by atoms with Gasteiger partial charge in [-0.3, -0.25) is 8.98 Å². The minimum atomic E-state index is -3.78. The van der Waals surface area contributed by atoms with E-state index < -0.39 is 10.1 Å². The predicted molar refractivity (Wildman–Crippen MR) is 82.9 cm³/mol. The Hall–Kier alpha value is -0.920. The summed E-state index contributed by atoms with van der Waals surface area (Å²) in [6, 6.07) is 6.42. The average Bonchev–Trinajstić information content (AvgIpc) is 2.46. The zero-order chi connectivity index (χ0) is 15.9. The highest BCUT2D eigenvalue weighted by molar-refractivity contribution is 9.09. The van der Waals surface area contributed by atoms with Crippen molar-refractivity contribution in [1.29, 1.82) is 0 Å². The third-order valence-electron chi connectivity index (χ3n) is 3.01. The van der Waals surface area contributed by atoms with Gasteiger partial charge in [0.05, 0.1) is 24.5 Å². The molecule has 0 heterocycles. The van der Waals surface area contributed by atoms with Crippen LogP contribution >= 0.6 is 15.9 Å². The summed E-state index contributed by atoms with van der Waals surface area (Å²) in [5, 5.41) is 0.636. The van der Waals surface area contributed by atoms with Gasteiger partial charge in [-0.1, -0.05) is 33.6 Å². The average molecular weight is 379 g/mol. The third kappa shape index (κ3) is 5.76. The van der Waals surface area contributed by atoms with E-state index in [1.54, 1.807) is 12.1 Å². The van der Waals surface area contributed by atoms with E-state index in [4.69, 9.17) is 4.18 Å². The molecule has 7 heteroatoms. The topological polar surface area (TPSA) is 69.7 Å². The minimum Gasteiger partial charge on any atom is -0.469 e. The van der Waals surface area contributed by atoms with E-state index in [1.165, 1.54) is 19.2 Å². The minimum absolute atomic E-state index is 0.0526. The maximum atomic E-state index is 12.0. The maximum absolute atomic E-state index is 12.0. The molecule has 0 saturated carbocycles. The van der Waals surface area contributed by atoms with Crippen LogP contribution in [0.15, 0.2) is 29.2 Å². The first kappa shape index (κ1) is 18.1. The Bertz CT molecular complexity index is 553. The van der Waals surface area contributed by atoms with E-state index in [1.807, 2.05) is 6.92 Å². The fourth-order valence-electron chi connectivity index (χ4n) is 1.75. The van der Waals surface area contributed by atoms with Crippen molar-refractivity contribution in [2.75, 3.05) is 19.0 Å². The molecule has 118 valence electrons. The number of aryl methyl sites for hydroxylation is 1. The number of methoxy groups -OCH3 is 1. The zero-order valence-corrected chi connectivity index (χ0v) is 14.4. The van der Waals surface area contributed by atoms with Crippen LogP contribution in [0.5, 0.6) is 0 Å². The number of esters is 1. The number of hydrogen-bond donors (Lipinski definition) is 0. The summed E-state index contributed by atoms with van der Waals surface area (Å²) in [5.41, 5.74) is 0.969. The first-order chi connectivity index (χ1) is 9.90. The number of benzene rings is 1. The number of hydrogen-bond acceptors (Lipinski definition) is 5. The summed E-state index contributed by atoms with van der Waals surface area (Å²) >= 11 is 3.26. The Morgan fingerprint density at radius 1 is 1.24 bits per heavy atom. The highest BCUT2D eigenvalue weighted by atomic mass is 79.9. The summed E-state index contributed by atoms with van der Waals surface area (Å²) in [6.07, 6.45) is 0.865. The molecule has 0 radical (unpaired) electrons. The zero-order valence-electron chi connectivity index (χ0n) is 12.0. The molecule has 0 aliphatic heterocycles. The Morgan fingerprint density at radius 2 is 1.86 bits per heavy atom. The van der Waals surface area contributed by atoms with Crippen LogP contribution in [0.25, 0.3) is 0 Å². The monoisotopic (exact) mass is 378 g/mol. The van der Waals surface area contributed by atoms with Gasteiger partial charge in [-0.05, 0) is 31.9 Å². The van der Waals surface area contributed by atoms with Crippen molar-refractivity contribution in [2.45, 2.75) is 24.7 Å². The van der Waals surface area contributed by atoms with Gasteiger partial charge >= 0.3 is 5.97 Å². The molecule has 1 atom stereocenters. The van der Waals surface area contributed by atoms with Crippen LogP contribution in [0.4, 0.5) is 0 Å². The van der Waals surface area contributed by atoms with Crippen molar-refractivity contribution in [3.05, 3.63) is 29.8 Å². The molecule has 0 aromatic heterocycles. The van der Waals surface area contributed by atoms with Gasteiger partial charge in [0.1, 0.15) is 0 Å². The van der Waals surface area contributed by atoms with Gasteiger partial charge in [-0.2, -0.15) is 8.42 Å². The van der Waals surface area contributed by atoms with Gasteiger partial charge in [-0.25, -0.2) is 0 Å². The van der Waals surface area contributed by atoms with E-state index in [0.29, 0.717) is 18.2 Å². The summed E-state index contributed by atoms with van der Waals surface area (Å²) in [7, 11) is -2.47. The number of rotatable bonds is 8. The van der Waals surface area contributed by atoms with Gasteiger partial charge in [0, 0.05) is 5.33 Å². The second-order valence-electron chi connectivity index (χ2n) is 4.58. The summed E-state index contributed by atoms with van der Waals surface area (Å²) in [5.74, 6) is -0.728. The highest BCUT2D eigenvalue weighted by Crippen LogP contribution is 2.17. The third-order valence-corrected chi connectivity index (χ3v) is 4.79. The van der Waals surface area contributed by atoms with Crippen LogP contribution in [0.2, 0.25) is 0 Å². The molecular weight excluding hydrogens is 360 g/mol. The van der Waals surface area contributed by atoms with Crippen LogP contribution in [0.3, 0.4) is 0 Å². The van der Waals surface area contributed by atoms with Crippen molar-refractivity contribution in [2.24, 2.45) is 5.92 Å². The smallest absolute Gasteiger partial charge is 0.308 e. The molecule has 21 heavy (non-hydrogen) atoms. The standard InChI is InChI=1S/C14H19BrO5S/c1-11-3-5-13(6-4-11)21(17,18)20-10-8-12(7-9-15)14(16)19-2/h3-6,12H,7-10H2,1-2H3. The molecule has 1 rings (SSSR count). The Balaban J connectivity index is 2.60. The van der Waals surface area contributed by atoms with Crippen molar-refractivity contribution in [3.8, 4) is 0 Å². The van der Waals surface area contributed by atoms with Crippen LogP contribution in [-0.4, -0.2) is 33.4 Å². The molecular formula is C14H19BrO5S. The molecule has 0 bridgehead atoms. The van der Waals surface area contributed by atoms with Crippen molar-refractivity contribution in [3.63, 3.8) is 0 Å². The van der Waals surface area contributed by atoms with Crippen LogP contribution in [0.1, 0.15) is 18.4 Å². The van der Waals surface area contributed by atoms with Crippen LogP contribution in [-0.2, 0) is 23.8 Å². The molecule has 0 N–H and O–H groups in total. The van der Waals surface area contributed by atoms with Gasteiger partial charge < -0.3 is 4.74 Å². The molecule has 0 spiro atoms. The lowest BCUT2D eigenvalue weighted by molar-refractivity contribution is -0.146. The van der Waals surface area contributed by atoms with Gasteiger partial charge in [0.2, 0.25) is 0 Å². The Morgan fingerprint density at radius 3 is 2.38 bits per heavy atom. The number of carbonyl (C=O) groups is 1. The van der Waals surface area contributed by atoms with Gasteiger partial charge in [0.15, 0.2) is 0 Å². The van der Waals surface area contributed by atoms with Gasteiger partial charge in [0.25, 0.3) is 10.1 Å². The van der Waals surface area contributed by atoms with Crippen molar-refractivity contribution < 1.29 is 22.1 Å². The SMILES string of the molecule is COC(=O)C(CCBr)CCOS(=O)(=O)c1ccc(C)cc1. The van der Waals surface area contributed by atoms with E-state index in [-0.39, 0.29) is 23.4 Å². The first-order valence-corrected chi connectivity index (χ1v) is 9.03. The molecule has 5 nitrogen and oxygen atoms in total. The fraction of sp³-hybridized carbons (Fsp3) is 0.500. The molecule has 1 unspecified atom stereocenters. The van der Waals surface area contributed by atoms with E-state index in [9.17, 15) is 13.2 Å². The molecule has 0 amide bonds. The lowest BCUT2D eigenvalue weighted by Gasteiger charge is -2.13. The second kappa shape index (κ2) is 8.51. The maximum Gasteiger partial charge on any atom is 0.308 e. The largest absolute Gasteiger partial charge is 0.469 e. The fourth-order valence-corrected chi connectivity index (χ4v) is 3.23. The quantitative estimate of drug-likeness (QED) is 0.395. The normalized spacial score (nSPS) is 12.9. The second-order valence-corrected chi connectivity index (χ2v) is 6.98. The predicted octanol–water partition coefficient (Wildman–Crippen LogP) is 2.66. The van der Waals surface area contributed by atoms with E-state index in [0.717, 1.165) is 5.56 Å². The summed E-state index contributed by atoms with van der Waals surface area (Å²) < 4.78 is 33.6. The lowest BCUT2D eigenvalue weighted by atomic mass is 10.0. The summed E-state index contributed by atoms with van der Waals surface area (Å²) in [6.45, 7) is 1.82. The summed E-state index contributed by atoms with van der Waals surface area (Å²) in [4.78, 5) is 11.6. The molecule has 0 fully saturated rings. The van der Waals surface area contributed by atoms with Crippen molar-refractivity contribution >= 4 is 32.0 Å². The highest BCUT2D eigenvalue weighted by Gasteiger charge is 2.21. The number of ether oxygens (including phenoxy) is 1. The molecule has 0 saturated heterocycles. The number of carbonyl (C=O) groups excluding carboxylic acids is 1. The Labute approximate surface area is 133 Å². The first-order valence-electron chi connectivity index (χ1n) is 6.50. The van der Waals surface area contributed by atoms with Crippen molar-refractivity contribution in [1.82, 2.24) is 0 Å². The molecule has 0 aliphatic rings. The lowest BCUT2D eigenvalue weighted by Crippen LogP contribution is -2.20. The number of halogens is 1. The molecule has 0 aliphatic carbocycles. The van der Waals surface area contributed by atoms with Crippen LogP contribution < -0.4 is 0 Å². The van der Waals surface area contributed by atoms with E-state index in [2.05, 4.69) is 20.7 Å². The Kier molecular flexibility index (Phi) is 7.34. The number of alkyl halides is 1. The molecule has 1 aromatic carbocycles.